The molecule has 2 aromatic carbocycles. The van der Waals surface area contributed by atoms with Crippen molar-refractivity contribution in [2.24, 2.45) is 10.7 Å². The first-order valence-corrected chi connectivity index (χ1v) is 11.9. The number of aromatic hydroxyl groups is 1. The molecule has 3 aromatic rings. The molecule has 32 heavy (non-hydrogen) atoms. The van der Waals surface area contributed by atoms with Crippen LogP contribution in [0.5, 0.6) is 5.75 Å². The lowest BCUT2D eigenvalue weighted by molar-refractivity contribution is 0.422. The molecule has 0 fully saturated rings. The second-order valence-corrected chi connectivity index (χ2v) is 11.2. The van der Waals surface area contributed by atoms with Gasteiger partial charge in [-0.25, -0.2) is 4.99 Å². The highest BCUT2D eigenvalue weighted by Gasteiger charge is 2.26. The summed E-state index contributed by atoms with van der Waals surface area (Å²) >= 11 is 1.59. The van der Waals surface area contributed by atoms with Gasteiger partial charge in [0, 0.05) is 13.1 Å². The van der Waals surface area contributed by atoms with Crippen molar-refractivity contribution in [2.75, 3.05) is 0 Å². The van der Waals surface area contributed by atoms with E-state index in [1.165, 1.54) is 11.1 Å². The largest absolute Gasteiger partial charge is 0.507 e. The number of nitrogens with one attached hydrogen (secondary N) is 1. The van der Waals surface area contributed by atoms with E-state index in [1.807, 2.05) is 29.6 Å². The van der Waals surface area contributed by atoms with Gasteiger partial charge in [0.15, 0.2) is 0 Å². The molecule has 0 saturated heterocycles. The lowest BCUT2D eigenvalue weighted by Gasteiger charge is -2.28. The van der Waals surface area contributed by atoms with Crippen molar-refractivity contribution >= 4 is 22.9 Å². The zero-order valence-electron chi connectivity index (χ0n) is 20.0. The standard InChI is InChI=1S/C27H35N3OS/c1-26(2,3)21-14-19(15-22(24(21)31)27(4,5)6)17-29-16-18-9-11-20(12-10-18)30-25(28)23-8-7-13-32-23/h7-15,29,31H,16-17H2,1-6H3,(H2,28,30). The average Bonchev–Trinajstić information content (AvgIpc) is 3.23. The Morgan fingerprint density at radius 3 is 1.97 bits per heavy atom. The van der Waals surface area contributed by atoms with Crippen LogP contribution < -0.4 is 11.1 Å². The fourth-order valence-electron chi connectivity index (χ4n) is 3.60. The number of thiophene rings is 1. The number of nitrogens with two attached hydrogens (primary N) is 1. The van der Waals surface area contributed by atoms with Crippen LogP contribution in [0.15, 0.2) is 58.9 Å². The summed E-state index contributed by atoms with van der Waals surface area (Å²) in [5, 5.41) is 16.4. The molecule has 0 spiro atoms. The van der Waals surface area contributed by atoms with Gasteiger partial charge in [-0.1, -0.05) is 71.9 Å². The third-order valence-corrected chi connectivity index (χ3v) is 6.30. The Kier molecular flexibility index (Phi) is 7.11. The van der Waals surface area contributed by atoms with Gasteiger partial charge < -0.3 is 16.2 Å². The molecule has 170 valence electrons. The number of phenolic OH excluding ortho intramolecular Hbond substituents is 1. The molecular weight excluding hydrogens is 414 g/mol. The average molecular weight is 450 g/mol. The molecule has 4 nitrogen and oxygen atoms in total. The number of phenols is 1. The lowest BCUT2D eigenvalue weighted by Crippen LogP contribution is -2.19. The van der Waals surface area contributed by atoms with Crippen molar-refractivity contribution in [3.8, 4) is 5.75 Å². The number of aliphatic imine (C=N–C) groups is 1. The van der Waals surface area contributed by atoms with Crippen LogP contribution in [-0.2, 0) is 23.9 Å². The van der Waals surface area contributed by atoms with Gasteiger partial charge in [-0.05, 0) is 56.7 Å². The molecule has 5 heteroatoms. The smallest absolute Gasteiger partial charge is 0.141 e. The van der Waals surface area contributed by atoms with Crippen LogP contribution >= 0.6 is 11.3 Å². The van der Waals surface area contributed by atoms with Gasteiger partial charge in [0.1, 0.15) is 11.6 Å². The number of nitrogens with zero attached hydrogens (tertiary/aromatic N) is 1. The molecule has 4 N–H and O–H groups in total. The minimum Gasteiger partial charge on any atom is -0.507 e. The number of rotatable bonds is 6. The van der Waals surface area contributed by atoms with Crippen molar-refractivity contribution in [3.63, 3.8) is 0 Å². The van der Waals surface area contributed by atoms with Crippen molar-refractivity contribution in [2.45, 2.75) is 65.5 Å². The topological polar surface area (TPSA) is 70.6 Å². The quantitative estimate of drug-likeness (QED) is 0.302. The first-order chi connectivity index (χ1) is 14.9. The van der Waals surface area contributed by atoms with Crippen LogP contribution in [0, 0.1) is 0 Å². The van der Waals surface area contributed by atoms with E-state index >= 15 is 0 Å². The monoisotopic (exact) mass is 449 g/mol. The van der Waals surface area contributed by atoms with Crippen LogP contribution in [-0.4, -0.2) is 10.9 Å². The molecular formula is C27H35N3OS. The van der Waals surface area contributed by atoms with Gasteiger partial charge in [-0.3, -0.25) is 0 Å². The predicted octanol–water partition coefficient (Wildman–Crippen LogP) is 6.38. The molecule has 0 aliphatic rings. The Bertz CT molecular complexity index is 1030. The Hall–Kier alpha value is -2.63. The van der Waals surface area contributed by atoms with Crippen LogP contribution in [0.25, 0.3) is 0 Å². The number of hydrogen-bond acceptors (Lipinski definition) is 4. The molecule has 0 unspecified atom stereocenters. The van der Waals surface area contributed by atoms with Gasteiger partial charge >= 0.3 is 0 Å². The SMILES string of the molecule is CC(C)(C)c1cc(CNCc2ccc(N=C(N)c3cccs3)cc2)cc(C(C)(C)C)c1O. The lowest BCUT2D eigenvalue weighted by atomic mass is 9.78. The van der Waals surface area contributed by atoms with Crippen molar-refractivity contribution in [1.82, 2.24) is 5.32 Å². The summed E-state index contributed by atoms with van der Waals surface area (Å²) in [6, 6.07) is 16.3. The minimum atomic E-state index is -0.124. The van der Waals surface area contributed by atoms with E-state index in [1.54, 1.807) is 11.3 Å². The van der Waals surface area contributed by atoms with Crippen molar-refractivity contribution < 1.29 is 5.11 Å². The molecule has 0 atom stereocenters. The van der Waals surface area contributed by atoms with Crippen molar-refractivity contribution in [1.29, 1.82) is 0 Å². The summed E-state index contributed by atoms with van der Waals surface area (Å²) in [4.78, 5) is 5.49. The minimum absolute atomic E-state index is 0.124. The Morgan fingerprint density at radius 1 is 0.906 bits per heavy atom. The summed E-state index contributed by atoms with van der Waals surface area (Å²) in [6.45, 7) is 14.3. The summed E-state index contributed by atoms with van der Waals surface area (Å²) < 4.78 is 0. The molecule has 0 amide bonds. The third-order valence-electron chi connectivity index (χ3n) is 5.40. The zero-order valence-corrected chi connectivity index (χ0v) is 20.8. The fraction of sp³-hybridized carbons (Fsp3) is 0.370. The van der Waals surface area contributed by atoms with E-state index in [0.717, 1.165) is 34.8 Å². The molecule has 0 aliphatic heterocycles. The molecule has 0 aliphatic carbocycles. The van der Waals surface area contributed by atoms with E-state index in [-0.39, 0.29) is 10.8 Å². The van der Waals surface area contributed by atoms with Crippen LogP contribution in [0.3, 0.4) is 0 Å². The first-order valence-electron chi connectivity index (χ1n) is 11.0. The number of amidine groups is 1. The first kappa shape index (κ1) is 24.0. The predicted molar refractivity (Wildman–Crippen MR) is 137 cm³/mol. The summed E-state index contributed by atoms with van der Waals surface area (Å²) in [5.74, 6) is 0.967. The second kappa shape index (κ2) is 9.47. The molecule has 3 rings (SSSR count). The van der Waals surface area contributed by atoms with E-state index in [0.29, 0.717) is 11.6 Å². The van der Waals surface area contributed by atoms with Crippen LogP contribution in [0.2, 0.25) is 0 Å². The van der Waals surface area contributed by atoms with Gasteiger partial charge in [-0.2, -0.15) is 0 Å². The van der Waals surface area contributed by atoms with E-state index < -0.39 is 0 Å². The Labute approximate surface area is 196 Å². The van der Waals surface area contributed by atoms with Gasteiger partial charge in [0.05, 0.1) is 10.6 Å². The molecule has 1 aromatic heterocycles. The summed E-state index contributed by atoms with van der Waals surface area (Å²) in [7, 11) is 0. The maximum Gasteiger partial charge on any atom is 0.141 e. The Morgan fingerprint density at radius 2 is 1.47 bits per heavy atom. The van der Waals surface area contributed by atoms with Crippen molar-refractivity contribution in [3.05, 3.63) is 81.0 Å². The van der Waals surface area contributed by atoms with E-state index in [2.05, 4.69) is 76.1 Å². The number of hydrogen-bond donors (Lipinski definition) is 3. The molecule has 0 radical (unpaired) electrons. The van der Waals surface area contributed by atoms with E-state index in [4.69, 9.17) is 5.73 Å². The second-order valence-electron chi connectivity index (χ2n) is 10.3. The third kappa shape index (κ3) is 5.99. The normalized spacial score (nSPS) is 12.9. The highest BCUT2D eigenvalue weighted by molar-refractivity contribution is 7.12. The van der Waals surface area contributed by atoms with E-state index in [9.17, 15) is 5.11 Å². The zero-order chi connectivity index (χ0) is 23.5. The molecule has 1 heterocycles. The van der Waals surface area contributed by atoms with Gasteiger partial charge in [0.25, 0.3) is 0 Å². The van der Waals surface area contributed by atoms with Gasteiger partial charge in [-0.15, -0.1) is 11.3 Å². The highest BCUT2D eigenvalue weighted by atomic mass is 32.1. The Balaban J connectivity index is 1.69. The molecule has 0 saturated carbocycles. The maximum absolute atomic E-state index is 10.9. The maximum atomic E-state index is 10.9. The fourth-order valence-corrected chi connectivity index (χ4v) is 4.23. The van der Waals surface area contributed by atoms with Crippen LogP contribution in [0.4, 0.5) is 5.69 Å². The van der Waals surface area contributed by atoms with Gasteiger partial charge in [0.2, 0.25) is 0 Å². The molecule has 0 bridgehead atoms. The highest BCUT2D eigenvalue weighted by Crippen LogP contribution is 2.39. The summed E-state index contributed by atoms with van der Waals surface area (Å²) in [5.41, 5.74) is 11.0. The summed E-state index contributed by atoms with van der Waals surface area (Å²) in [6.07, 6.45) is 0. The van der Waals surface area contributed by atoms with Crippen LogP contribution in [0.1, 0.15) is 68.7 Å². The number of benzene rings is 2.